The van der Waals surface area contributed by atoms with E-state index in [0.717, 1.165) is 21.6 Å². The Morgan fingerprint density at radius 1 is 0.676 bits per heavy atom. The highest BCUT2D eigenvalue weighted by atomic mass is 33.1. The molecule has 0 radical (unpaired) electrons. The average molecular weight is 1070 g/mol. The number of guanidine groups is 1. The zero-order valence-corrected chi connectivity index (χ0v) is 42.1. The average Bonchev–Trinajstić information content (AvgIpc) is 3.86. The van der Waals surface area contributed by atoms with Crippen molar-refractivity contribution in [3.63, 3.8) is 0 Å². The Morgan fingerprint density at radius 3 is 1.78 bits per heavy atom. The van der Waals surface area contributed by atoms with Crippen molar-refractivity contribution in [2.45, 2.75) is 106 Å². The van der Waals surface area contributed by atoms with Crippen LogP contribution in [-0.2, 0) is 65.6 Å². The molecule has 0 spiro atoms. The smallest absolute Gasteiger partial charge is 0.246 e. The van der Waals surface area contributed by atoms with Crippen molar-refractivity contribution in [2.24, 2.45) is 39.4 Å². The number of aliphatic imine (C=N–C) groups is 1. The number of nitrogens with one attached hydrogen (secondary N) is 7. The normalized spacial score (nSPS) is 22.7. The molecule has 11 amide bonds. The van der Waals surface area contributed by atoms with Crippen LogP contribution in [-0.4, -0.2) is 155 Å². The standard InChI is InChI=1S/C46H65N15O11S2/c47-27-23-73-74-24-33(45(72)61-18-8-14-34(61)44(71)56-28(13-7-17-53-46(51)52)39(66)54-22-37(50)64)60-43(70)32(21-36(49)63)59-40(67)29(15-16-35(48)62)55-41(68)31(20-26-11-5-2-6-12-26)58-42(69)30(57-38(27)65)19-25-9-3-1-4-10-25/h1-6,9-12,27-34H,7-8,13-24,47H2,(H2,48,62)(H2,49,63)(H2,50,64)(H,54,66)(H,55,68)(H,56,71)(H,57,65)(H,58,69)(H,59,67)(H,60,70)(H4,51,52,53)/t27-,28-,29-,30-,31+,32-,33-,34?/m0/s1. The Balaban J connectivity index is 1.70. The van der Waals surface area contributed by atoms with Crippen LogP contribution in [0.1, 0.15) is 56.1 Å². The molecular formula is C46H65N15O11S2. The van der Waals surface area contributed by atoms with Gasteiger partial charge in [0.1, 0.15) is 42.3 Å². The minimum Gasteiger partial charge on any atom is -0.370 e. The molecule has 28 heteroatoms. The summed E-state index contributed by atoms with van der Waals surface area (Å²) in [6.45, 7) is -0.416. The van der Waals surface area contributed by atoms with Crippen molar-refractivity contribution in [3.05, 3.63) is 71.8 Å². The summed E-state index contributed by atoms with van der Waals surface area (Å²) >= 11 is 0. The first-order valence-corrected chi connectivity index (χ1v) is 26.1. The zero-order valence-electron chi connectivity index (χ0n) is 40.5. The second-order valence-electron chi connectivity index (χ2n) is 17.4. The Bertz CT molecular complexity index is 2360. The SMILES string of the molecule is NC(=O)CC[C@@H]1NC(=O)[C@@H](Cc2ccccc2)NC(=O)[C@H](Cc2ccccc2)NC(=O)[C@@H](N)CSSC[C@@H](C(=O)N2CCCC2C(=O)N[C@@H](CCCN=C(N)N)C(=O)NCC(N)=O)NC(=O)[C@H](CC(N)=O)NC1=O. The Hall–Kier alpha value is -7.46. The largest absolute Gasteiger partial charge is 0.370 e. The zero-order chi connectivity index (χ0) is 54.3. The number of hydrogen-bond acceptors (Lipinski definition) is 15. The number of nitrogens with zero attached hydrogens (tertiary/aromatic N) is 2. The lowest BCUT2D eigenvalue weighted by atomic mass is 10.0. The topological polar surface area (TPSA) is 444 Å². The van der Waals surface area contributed by atoms with Crippen LogP contribution in [0.5, 0.6) is 0 Å². The lowest BCUT2D eigenvalue weighted by molar-refractivity contribution is -0.142. The summed E-state index contributed by atoms with van der Waals surface area (Å²) in [4.78, 5) is 153. The maximum Gasteiger partial charge on any atom is 0.246 e. The van der Waals surface area contributed by atoms with E-state index >= 15 is 0 Å². The molecule has 4 rings (SSSR count). The highest BCUT2D eigenvalue weighted by Crippen LogP contribution is 2.26. The second kappa shape index (κ2) is 29.9. The van der Waals surface area contributed by atoms with Crippen LogP contribution in [0.25, 0.3) is 0 Å². The molecular weight excluding hydrogens is 1000 g/mol. The number of amides is 11. The van der Waals surface area contributed by atoms with Crippen LogP contribution in [0.2, 0.25) is 0 Å². The van der Waals surface area contributed by atoms with Gasteiger partial charge in [-0.15, -0.1) is 0 Å². The second-order valence-corrected chi connectivity index (χ2v) is 20.0. The molecule has 402 valence electrons. The third-order valence-electron chi connectivity index (χ3n) is 11.6. The number of carbonyl (C=O) groups excluding carboxylic acids is 11. The van der Waals surface area contributed by atoms with Crippen molar-refractivity contribution >= 4 is 92.5 Å². The van der Waals surface area contributed by atoms with Crippen LogP contribution in [0.4, 0.5) is 0 Å². The van der Waals surface area contributed by atoms with Gasteiger partial charge in [0.2, 0.25) is 65.0 Å². The molecule has 2 saturated heterocycles. The van der Waals surface area contributed by atoms with Gasteiger partial charge in [-0.3, -0.25) is 57.7 Å². The van der Waals surface area contributed by atoms with Gasteiger partial charge < -0.3 is 76.5 Å². The molecule has 0 aromatic heterocycles. The molecule has 0 bridgehead atoms. The van der Waals surface area contributed by atoms with Gasteiger partial charge in [0.25, 0.3) is 0 Å². The Morgan fingerprint density at radius 2 is 1.22 bits per heavy atom. The van der Waals surface area contributed by atoms with Gasteiger partial charge in [-0.1, -0.05) is 82.3 Å². The third-order valence-corrected chi connectivity index (χ3v) is 14.0. The molecule has 0 aliphatic carbocycles. The third kappa shape index (κ3) is 19.9. The molecule has 1 unspecified atom stereocenters. The fourth-order valence-corrected chi connectivity index (χ4v) is 10.1. The summed E-state index contributed by atoms with van der Waals surface area (Å²) in [5, 5.41) is 17.9. The van der Waals surface area contributed by atoms with Crippen molar-refractivity contribution < 1.29 is 52.7 Å². The summed E-state index contributed by atoms with van der Waals surface area (Å²) in [5.74, 6) is -10.2. The fraction of sp³-hybridized carbons (Fsp3) is 0.478. The molecule has 2 aromatic carbocycles. The maximum atomic E-state index is 14.6. The molecule has 0 saturated carbocycles. The summed E-state index contributed by atoms with van der Waals surface area (Å²) in [6.07, 6.45) is -1.14. The molecule has 2 aliphatic heterocycles. The number of primary amides is 3. The maximum absolute atomic E-state index is 14.6. The van der Waals surface area contributed by atoms with Gasteiger partial charge in [-0.2, -0.15) is 0 Å². The van der Waals surface area contributed by atoms with E-state index in [1.54, 1.807) is 60.7 Å². The molecule has 2 fully saturated rings. The van der Waals surface area contributed by atoms with Crippen LogP contribution < -0.4 is 71.6 Å². The number of benzene rings is 2. The van der Waals surface area contributed by atoms with Gasteiger partial charge in [0, 0.05) is 43.9 Å². The van der Waals surface area contributed by atoms with Crippen molar-refractivity contribution in [3.8, 4) is 0 Å². The number of nitrogens with two attached hydrogens (primary N) is 6. The lowest BCUT2D eigenvalue weighted by Crippen LogP contribution is -2.61. The van der Waals surface area contributed by atoms with E-state index in [-0.39, 0.29) is 62.7 Å². The van der Waals surface area contributed by atoms with Crippen molar-refractivity contribution in [1.82, 2.24) is 42.1 Å². The molecule has 26 nitrogen and oxygen atoms in total. The molecule has 2 aromatic rings. The number of rotatable bonds is 19. The highest BCUT2D eigenvalue weighted by Gasteiger charge is 2.40. The number of carbonyl (C=O) groups is 11. The summed E-state index contributed by atoms with van der Waals surface area (Å²) in [5.41, 5.74) is 34.6. The molecule has 19 N–H and O–H groups in total. The van der Waals surface area contributed by atoms with Gasteiger partial charge >= 0.3 is 0 Å². The van der Waals surface area contributed by atoms with Gasteiger partial charge in [0.05, 0.1) is 19.0 Å². The Labute approximate surface area is 434 Å². The van der Waals surface area contributed by atoms with Gasteiger partial charge in [-0.05, 0) is 43.2 Å². The monoisotopic (exact) mass is 1070 g/mol. The number of hydrogen-bond donors (Lipinski definition) is 13. The summed E-state index contributed by atoms with van der Waals surface area (Å²) < 4.78 is 0. The van der Waals surface area contributed by atoms with E-state index in [4.69, 9.17) is 34.4 Å². The lowest BCUT2D eigenvalue weighted by Gasteiger charge is -2.31. The minimum atomic E-state index is -1.78. The first-order chi connectivity index (χ1) is 35.2. The van der Waals surface area contributed by atoms with Crippen molar-refractivity contribution in [1.29, 1.82) is 0 Å². The Kier molecular flexibility index (Phi) is 23.9. The van der Waals surface area contributed by atoms with E-state index in [1.165, 1.54) is 4.90 Å². The summed E-state index contributed by atoms with van der Waals surface area (Å²) in [7, 11) is 2.04. The van der Waals surface area contributed by atoms with Crippen LogP contribution in [0.3, 0.4) is 0 Å². The molecule has 74 heavy (non-hydrogen) atoms. The van der Waals surface area contributed by atoms with Gasteiger partial charge in [0.15, 0.2) is 5.96 Å². The molecule has 2 aliphatic rings. The van der Waals surface area contributed by atoms with E-state index < -0.39 is 139 Å². The van der Waals surface area contributed by atoms with Crippen LogP contribution in [0.15, 0.2) is 65.7 Å². The number of likely N-dealkylation sites (tertiary alicyclic amines) is 1. The quantitative estimate of drug-likeness (QED) is 0.0271. The van der Waals surface area contributed by atoms with Crippen LogP contribution >= 0.6 is 21.6 Å². The van der Waals surface area contributed by atoms with Crippen LogP contribution in [0, 0.1) is 0 Å². The predicted octanol–water partition coefficient (Wildman–Crippen LogP) is -5.11. The molecule has 8 atom stereocenters. The minimum absolute atomic E-state index is 0.00960. The predicted molar refractivity (Wildman–Crippen MR) is 274 cm³/mol. The summed E-state index contributed by atoms with van der Waals surface area (Å²) in [6, 6.07) is 6.07. The van der Waals surface area contributed by atoms with E-state index in [2.05, 4.69) is 42.2 Å². The highest BCUT2D eigenvalue weighted by molar-refractivity contribution is 8.76. The first-order valence-electron chi connectivity index (χ1n) is 23.6. The molecule has 2 heterocycles. The first kappa shape index (κ1) is 59.1. The van der Waals surface area contributed by atoms with E-state index in [9.17, 15) is 52.7 Å². The van der Waals surface area contributed by atoms with E-state index in [1.807, 2.05) is 0 Å². The van der Waals surface area contributed by atoms with Gasteiger partial charge in [-0.25, -0.2) is 0 Å². The van der Waals surface area contributed by atoms with Crippen molar-refractivity contribution in [2.75, 3.05) is 31.1 Å². The fourth-order valence-electron chi connectivity index (χ4n) is 7.78. The van der Waals surface area contributed by atoms with E-state index in [0.29, 0.717) is 17.5 Å².